The minimum atomic E-state index is -0.669. The van der Waals surface area contributed by atoms with Gasteiger partial charge in [-0.05, 0) is 47.0 Å². The molecule has 4 aromatic rings. The third kappa shape index (κ3) is 4.53. The molecule has 32 heavy (non-hydrogen) atoms. The molecule has 7 heteroatoms. The number of hydrogen-bond donors (Lipinski definition) is 1. The van der Waals surface area contributed by atoms with Gasteiger partial charge in [0, 0.05) is 17.7 Å². The monoisotopic (exact) mass is 447 g/mol. The first-order chi connectivity index (χ1) is 15.5. The first-order valence-electron chi connectivity index (χ1n) is 9.59. The van der Waals surface area contributed by atoms with Crippen LogP contribution in [0, 0.1) is 23.0 Å². The van der Waals surface area contributed by atoms with E-state index in [-0.39, 0.29) is 28.8 Å². The fraction of sp³-hybridized carbons (Fsp3) is 0.0400. The highest BCUT2D eigenvalue weighted by atomic mass is 35.5. The molecule has 0 aliphatic rings. The molecule has 4 rings (SSSR count). The van der Waals surface area contributed by atoms with Crippen LogP contribution < -0.4 is 5.32 Å². The number of hydrogen-bond acceptors (Lipinski definition) is 4. The second kappa shape index (κ2) is 9.04. The number of oxazole rings is 1. The molecule has 0 bridgehead atoms. The second-order valence-electron chi connectivity index (χ2n) is 6.98. The zero-order valence-corrected chi connectivity index (χ0v) is 17.5. The predicted molar refractivity (Wildman–Crippen MR) is 121 cm³/mol. The smallest absolute Gasteiger partial charge is 0.299 e. The zero-order chi connectivity index (χ0) is 22.7. The minimum absolute atomic E-state index is 0.101. The van der Waals surface area contributed by atoms with Crippen LogP contribution in [0.5, 0.6) is 0 Å². The van der Waals surface area contributed by atoms with Gasteiger partial charge in [-0.3, -0.25) is 0 Å². The summed E-state index contributed by atoms with van der Waals surface area (Å²) in [5, 5.41) is 12.1. The van der Waals surface area contributed by atoms with E-state index in [9.17, 15) is 8.78 Å². The highest BCUT2D eigenvalue weighted by Crippen LogP contribution is 2.28. The van der Waals surface area contributed by atoms with Crippen molar-refractivity contribution in [2.45, 2.75) is 6.42 Å². The van der Waals surface area contributed by atoms with E-state index >= 15 is 0 Å². The number of nitrogens with zero attached hydrogens (tertiary/aromatic N) is 2. The van der Waals surface area contributed by atoms with Gasteiger partial charge in [-0.15, -0.1) is 0 Å². The van der Waals surface area contributed by atoms with E-state index in [2.05, 4.69) is 16.9 Å². The highest BCUT2D eigenvalue weighted by Gasteiger charge is 2.16. The van der Waals surface area contributed by atoms with Gasteiger partial charge in [0.25, 0.3) is 6.01 Å². The van der Waals surface area contributed by atoms with E-state index in [4.69, 9.17) is 21.3 Å². The van der Waals surface area contributed by atoms with Crippen LogP contribution in [-0.4, -0.2) is 4.98 Å². The van der Waals surface area contributed by atoms with Gasteiger partial charge >= 0.3 is 0 Å². The van der Waals surface area contributed by atoms with Gasteiger partial charge in [0.15, 0.2) is 0 Å². The largest absolute Gasteiger partial charge is 0.428 e. The van der Waals surface area contributed by atoms with E-state index in [0.29, 0.717) is 22.4 Å². The molecule has 1 aromatic heterocycles. The van der Waals surface area contributed by atoms with E-state index < -0.39 is 11.6 Å². The van der Waals surface area contributed by atoms with Crippen LogP contribution in [0.3, 0.4) is 0 Å². The van der Waals surface area contributed by atoms with Crippen molar-refractivity contribution in [1.82, 2.24) is 4.98 Å². The first-order valence-corrected chi connectivity index (χ1v) is 9.97. The molecule has 0 radical (unpaired) electrons. The number of anilines is 2. The topological polar surface area (TPSA) is 61.9 Å². The molecule has 1 N–H and O–H groups in total. The van der Waals surface area contributed by atoms with Crippen molar-refractivity contribution in [1.29, 1.82) is 5.26 Å². The van der Waals surface area contributed by atoms with Crippen LogP contribution in [-0.2, 0) is 6.42 Å². The van der Waals surface area contributed by atoms with Crippen LogP contribution in [0.15, 0.2) is 71.8 Å². The summed E-state index contributed by atoms with van der Waals surface area (Å²) in [6.45, 7) is 3.69. The molecule has 0 amide bonds. The van der Waals surface area contributed by atoms with E-state index in [1.54, 1.807) is 36.4 Å². The first kappa shape index (κ1) is 21.3. The van der Waals surface area contributed by atoms with Crippen molar-refractivity contribution >= 4 is 29.4 Å². The summed E-state index contributed by atoms with van der Waals surface area (Å²) in [5.74, 6) is -1.05. The number of nitrogens with one attached hydrogen (secondary N) is 1. The summed E-state index contributed by atoms with van der Waals surface area (Å²) >= 11 is 6.01. The lowest BCUT2D eigenvalue weighted by atomic mass is 10.00. The quantitative estimate of drug-likeness (QED) is 0.341. The summed E-state index contributed by atoms with van der Waals surface area (Å²) < 4.78 is 35.0. The minimum Gasteiger partial charge on any atom is -0.428 e. The molecule has 0 saturated carbocycles. The summed E-state index contributed by atoms with van der Waals surface area (Å²) in [5.41, 5.74) is 2.86. The molecule has 4 nitrogen and oxygen atoms in total. The Balaban J connectivity index is 1.52. The van der Waals surface area contributed by atoms with E-state index in [1.165, 1.54) is 18.3 Å². The van der Waals surface area contributed by atoms with Crippen molar-refractivity contribution in [3.8, 4) is 17.2 Å². The molecule has 0 unspecified atom stereocenters. The maximum atomic E-state index is 14.7. The van der Waals surface area contributed by atoms with Crippen LogP contribution in [0.25, 0.3) is 17.2 Å². The average molecular weight is 448 g/mol. The molecule has 0 fully saturated rings. The third-order valence-electron chi connectivity index (χ3n) is 4.87. The molecule has 3 aromatic carbocycles. The van der Waals surface area contributed by atoms with Crippen molar-refractivity contribution in [2.24, 2.45) is 0 Å². The lowest BCUT2D eigenvalue weighted by Crippen LogP contribution is -1.98. The van der Waals surface area contributed by atoms with Gasteiger partial charge in [0.2, 0.25) is 0 Å². The number of nitriles is 1. The molecule has 0 atom stereocenters. The maximum Gasteiger partial charge on any atom is 0.299 e. The van der Waals surface area contributed by atoms with Gasteiger partial charge in [-0.25, -0.2) is 13.8 Å². The van der Waals surface area contributed by atoms with Crippen LogP contribution in [0.1, 0.15) is 22.5 Å². The Morgan fingerprint density at radius 2 is 1.78 bits per heavy atom. The Kier molecular flexibility index (Phi) is 6.02. The standard InChI is InChI=1S/C25H16ClF2N3O/c1-2-15-3-5-16(6-4-15)18-9-23(27)21(24(28)10-18)12-20-14-30-25(32-20)31-19-8-7-17(13-29)22(26)11-19/h2-11,14H,1,12H2,(H,30,31). The summed E-state index contributed by atoms with van der Waals surface area (Å²) in [6, 6.07) is 16.7. The molecule has 0 saturated heterocycles. The molecule has 0 aliphatic heterocycles. The summed E-state index contributed by atoms with van der Waals surface area (Å²) in [7, 11) is 0. The van der Waals surface area contributed by atoms with Gasteiger partial charge < -0.3 is 9.73 Å². The Morgan fingerprint density at radius 3 is 2.41 bits per heavy atom. The Morgan fingerprint density at radius 1 is 1.06 bits per heavy atom. The van der Waals surface area contributed by atoms with Crippen molar-refractivity contribution < 1.29 is 13.2 Å². The maximum absolute atomic E-state index is 14.7. The number of halogens is 3. The van der Waals surface area contributed by atoms with Crippen molar-refractivity contribution in [2.75, 3.05) is 5.32 Å². The Labute approximate surface area is 188 Å². The normalized spacial score (nSPS) is 10.6. The molecule has 1 heterocycles. The van der Waals surface area contributed by atoms with Gasteiger partial charge in [-0.1, -0.05) is 48.5 Å². The van der Waals surface area contributed by atoms with Crippen LogP contribution in [0.2, 0.25) is 5.02 Å². The zero-order valence-electron chi connectivity index (χ0n) is 16.7. The molecular formula is C25H16ClF2N3O. The number of aromatic nitrogens is 1. The number of benzene rings is 3. The second-order valence-corrected chi connectivity index (χ2v) is 7.39. The van der Waals surface area contributed by atoms with Gasteiger partial charge in [0.05, 0.1) is 16.8 Å². The fourth-order valence-corrected chi connectivity index (χ4v) is 3.40. The summed E-state index contributed by atoms with van der Waals surface area (Å²) in [6.07, 6.45) is 3.00. The lowest BCUT2D eigenvalue weighted by Gasteiger charge is -2.08. The number of rotatable bonds is 6. The Bertz CT molecular complexity index is 1320. The van der Waals surface area contributed by atoms with E-state index in [0.717, 1.165) is 5.56 Å². The average Bonchev–Trinajstić information content (AvgIpc) is 3.23. The molecule has 0 aliphatic carbocycles. The highest BCUT2D eigenvalue weighted by molar-refractivity contribution is 6.32. The third-order valence-corrected chi connectivity index (χ3v) is 5.18. The fourth-order valence-electron chi connectivity index (χ4n) is 3.18. The van der Waals surface area contributed by atoms with Crippen molar-refractivity contribution in [3.63, 3.8) is 0 Å². The molecule has 158 valence electrons. The predicted octanol–water partition coefficient (Wildman–Crippen LogP) is 7.12. The van der Waals surface area contributed by atoms with E-state index in [1.807, 2.05) is 18.2 Å². The van der Waals surface area contributed by atoms with Gasteiger partial charge in [-0.2, -0.15) is 5.26 Å². The molecule has 0 spiro atoms. The molecular weight excluding hydrogens is 432 g/mol. The van der Waals surface area contributed by atoms with Crippen molar-refractivity contribution in [3.05, 3.63) is 106 Å². The Hall–Kier alpha value is -3.95. The lowest BCUT2D eigenvalue weighted by molar-refractivity contribution is 0.511. The summed E-state index contributed by atoms with van der Waals surface area (Å²) in [4.78, 5) is 4.08. The van der Waals surface area contributed by atoms with Crippen LogP contribution in [0.4, 0.5) is 20.5 Å². The van der Waals surface area contributed by atoms with Crippen LogP contribution >= 0.6 is 11.6 Å². The van der Waals surface area contributed by atoms with Gasteiger partial charge in [0.1, 0.15) is 23.5 Å². The SMILES string of the molecule is C=Cc1ccc(-c2cc(F)c(Cc3cnc(Nc4ccc(C#N)c(Cl)c4)o3)c(F)c2)cc1.